The Morgan fingerprint density at radius 2 is 2.00 bits per heavy atom. The van der Waals surface area contributed by atoms with Crippen molar-refractivity contribution in [2.45, 2.75) is 6.92 Å². The van der Waals surface area contributed by atoms with Gasteiger partial charge < -0.3 is 4.74 Å². The zero-order valence-corrected chi connectivity index (χ0v) is 12.5. The number of carbonyl (C=O) groups is 1. The number of methoxy groups -OCH3 is 1. The normalized spacial score (nSPS) is 11.3. The van der Waals surface area contributed by atoms with Gasteiger partial charge in [-0.05, 0) is 31.2 Å². The van der Waals surface area contributed by atoms with E-state index in [1.807, 2.05) is 0 Å². The Bertz CT molecular complexity index is 918. The van der Waals surface area contributed by atoms with Crippen LogP contribution >= 0.6 is 0 Å². The molecule has 6 nitrogen and oxygen atoms in total. The maximum atomic E-state index is 13.4. The van der Waals surface area contributed by atoms with Gasteiger partial charge in [-0.2, -0.15) is 0 Å². The first kappa shape index (κ1) is 14.8. The molecule has 0 atom stereocenters. The van der Waals surface area contributed by atoms with Gasteiger partial charge in [-0.25, -0.2) is 14.2 Å². The molecular formula is C16H13FN4O2. The van der Waals surface area contributed by atoms with E-state index in [1.165, 1.54) is 23.8 Å². The molecule has 0 saturated carbocycles. The van der Waals surface area contributed by atoms with Crippen LogP contribution in [0.5, 0.6) is 0 Å². The standard InChI is InChI=1S/C16H13FN4O2/c1-10-15(21-9-11(17)7-8-14(21)18-10)20-19-13-6-4-3-5-12(13)16(22)23-2/h3-9H,1-2H3. The molecule has 1 aromatic carbocycles. The summed E-state index contributed by atoms with van der Waals surface area (Å²) in [5, 5.41) is 8.23. The molecule has 116 valence electrons. The Balaban J connectivity index is 2.06. The van der Waals surface area contributed by atoms with Crippen molar-refractivity contribution < 1.29 is 13.9 Å². The molecule has 2 aromatic heterocycles. The third kappa shape index (κ3) is 2.80. The summed E-state index contributed by atoms with van der Waals surface area (Å²) >= 11 is 0. The Hall–Kier alpha value is -3.09. The third-order valence-corrected chi connectivity index (χ3v) is 3.29. The Kier molecular flexibility index (Phi) is 3.84. The smallest absolute Gasteiger partial charge is 0.340 e. The van der Waals surface area contributed by atoms with Crippen molar-refractivity contribution >= 4 is 23.1 Å². The third-order valence-electron chi connectivity index (χ3n) is 3.29. The highest BCUT2D eigenvalue weighted by Crippen LogP contribution is 2.26. The number of azo groups is 1. The Morgan fingerprint density at radius 3 is 2.78 bits per heavy atom. The minimum absolute atomic E-state index is 0.302. The van der Waals surface area contributed by atoms with Crippen LogP contribution in [0.1, 0.15) is 16.1 Å². The number of hydrogen-bond donors (Lipinski definition) is 0. The maximum absolute atomic E-state index is 13.4. The minimum Gasteiger partial charge on any atom is -0.465 e. The van der Waals surface area contributed by atoms with Gasteiger partial charge in [0.05, 0.1) is 18.4 Å². The molecule has 0 aliphatic heterocycles. The molecule has 0 aliphatic carbocycles. The predicted molar refractivity (Wildman–Crippen MR) is 81.8 cm³/mol. The van der Waals surface area contributed by atoms with Crippen LogP contribution in [0.15, 0.2) is 52.8 Å². The number of nitrogens with zero attached hydrogens (tertiary/aromatic N) is 4. The lowest BCUT2D eigenvalue weighted by Crippen LogP contribution is -2.00. The Morgan fingerprint density at radius 1 is 1.22 bits per heavy atom. The number of fused-ring (bicyclic) bond motifs is 1. The van der Waals surface area contributed by atoms with E-state index in [2.05, 4.69) is 15.2 Å². The summed E-state index contributed by atoms with van der Waals surface area (Å²) in [6.45, 7) is 1.76. The van der Waals surface area contributed by atoms with E-state index < -0.39 is 11.8 Å². The number of halogens is 1. The highest BCUT2D eigenvalue weighted by atomic mass is 19.1. The van der Waals surface area contributed by atoms with Crippen molar-refractivity contribution in [3.8, 4) is 0 Å². The second-order valence-corrected chi connectivity index (χ2v) is 4.81. The molecule has 23 heavy (non-hydrogen) atoms. The molecule has 3 rings (SSSR count). The number of benzene rings is 1. The van der Waals surface area contributed by atoms with Crippen molar-refractivity contribution in [3.05, 3.63) is 59.7 Å². The summed E-state index contributed by atoms with van der Waals surface area (Å²) in [5.74, 6) is -0.499. The van der Waals surface area contributed by atoms with E-state index in [4.69, 9.17) is 4.74 Å². The molecule has 0 amide bonds. The molecule has 0 unspecified atom stereocenters. The molecular weight excluding hydrogens is 299 g/mol. The van der Waals surface area contributed by atoms with Crippen LogP contribution in [0.3, 0.4) is 0 Å². The highest BCUT2D eigenvalue weighted by molar-refractivity contribution is 5.94. The van der Waals surface area contributed by atoms with Gasteiger partial charge in [-0.3, -0.25) is 4.40 Å². The number of ether oxygens (including phenoxy) is 1. The molecule has 0 N–H and O–H groups in total. The van der Waals surface area contributed by atoms with Crippen molar-refractivity contribution in [2.75, 3.05) is 7.11 Å². The number of aryl methyl sites for hydroxylation is 1. The topological polar surface area (TPSA) is 68.3 Å². The first-order valence-corrected chi connectivity index (χ1v) is 6.83. The lowest BCUT2D eigenvalue weighted by atomic mass is 10.2. The fraction of sp³-hybridized carbons (Fsp3) is 0.125. The quantitative estimate of drug-likeness (QED) is 0.542. The summed E-state index contributed by atoms with van der Waals surface area (Å²) in [7, 11) is 1.30. The molecule has 0 radical (unpaired) electrons. The summed E-state index contributed by atoms with van der Waals surface area (Å²) < 4.78 is 19.6. The fourth-order valence-corrected chi connectivity index (χ4v) is 2.19. The average Bonchev–Trinajstić information content (AvgIpc) is 2.87. The van der Waals surface area contributed by atoms with Gasteiger partial charge in [0.1, 0.15) is 17.2 Å². The van der Waals surface area contributed by atoms with Gasteiger partial charge in [0, 0.05) is 6.20 Å². The largest absolute Gasteiger partial charge is 0.465 e. The zero-order chi connectivity index (χ0) is 16.4. The molecule has 0 aliphatic rings. The molecule has 0 spiro atoms. The number of pyridine rings is 1. The fourth-order valence-electron chi connectivity index (χ4n) is 2.19. The van der Waals surface area contributed by atoms with E-state index in [1.54, 1.807) is 37.3 Å². The monoisotopic (exact) mass is 312 g/mol. The number of carbonyl (C=O) groups excluding carboxylic acids is 1. The maximum Gasteiger partial charge on any atom is 0.340 e. The van der Waals surface area contributed by atoms with Crippen molar-refractivity contribution in [1.29, 1.82) is 0 Å². The predicted octanol–water partition coefficient (Wildman–Crippen LogP) is 3.98. The van der Waals surface area contributed by atoms with Crippen LogP contribution in [0, 0.1) is 12.7 Å². The average molecular weight is 312 g/mol. The molecule has 0 fully saturated rings. The van der Waals surface area contributed by atoms with Gasteiger partial charge in [-0.1, -0.05) is 12.1 Å². The summed E-state index contributed by atoms with van der Waals surface area (Å²) in [6.07, 6.45) is 1.29. The van der Waals surface area contributed by atoms with Gasteiger partial charge >= 0.3 is 5.97 Å². The van der Waals surface area contributed by atoms with E-state index in [-0.39, 0.29) is 0 Å². The second-order valence-electron chi connectivity index (χ2n) is 4.81. The lowest BCUT2D eigenvalue weighted by molar-refractivity contribution is 0.0601. The molecule has 0 bridgehead atoms. The van der Waals surface area contributed by atoms with E-state index in [9.17, 15) is 9.18 Å². The molecule has 3 aromatic rings. The van der Waals surface area contributed by atoms with Crippen molar-refractivity contribution in [2.24, 2.45) is 10.2 Å². The Labute approximate surface area is 131 Å². The van der Waals surface area contributed by atoms with Crippen LogP contribution in [-0.2, 0) is 4.74 Å². The first-order valence-electron chi connectivity index (χ1n) is 6.83. The molecule has 0 saturated heterocycles. The second kappa shape index (κ2) is 5.96. The van der Waals surface area contributed by atoms with E-state index in [0.717, 1.165) is 0 Å². The minimum atomic E-state index is -0.500. The zero-order valence-electron chi connectivity index (χ0n) is 12.5. The summed E-state index contributed by atoms with van der Waals surface area (Å²) in [6, 6.07) is 9.58. The number of rotatable bonds is 3. The number of hydrogen-bond acceptors (Lipinski definition) is 5. The first-order chi connectivity index (χ1) is 11.1. The van der Waals surface area contributed by atoms with Gasteiger partial charge in [0.15, 0.2) is 5.82 Å². The SMILES string of the molecule is COC(=O)c1ccccc1N=Nc1c(C)nc2ccc(F)cn12. The van der Waals surface area contributed by atoms with Gasteiger partial charge in [0.25, 0.3) is 0 Å². The molecule has 2 heterocycles. The van der Waals surface area contributed by atoms with Crippen LogP contribution in [-0.4, -0.2) is 22.5 Å². The van der Waals surface area contributed by atoms with Crippen molar-refractivity contribution in [3.63, 3.8) is 0 Å². The highest BCUT2D eigenvalue weighted by Gasteiger charge is 2.12. The number of esters is 1. The van der Waals surface area contributed by atoms with E-state index in [0.29, 0.717) is 28.4 Å². The van der Waals surface area contributed by atoms with Crippen LogP contribution < -0.4 is 0 Å². The number of aromatic nitrogens is 2. The summed E-state index contributed by atoms with van der Waals surface area (Å²) in [5.41, 5.74) is 1.84. The van der Waals surface area contributed by atoms with E-state index >= 15 is 0 Å². The number of imidazole rings is 1. The van der Waals surface area contributed by atoms with Crippen molar-refractivity contribution in [1.82, 2.24) is 9.38 Å². The van der Waals surface area contributed by atoms with Gasteiger partial charge in [0.2, 0.25) is 0 Å². The molecule has 7 heteroatoms. The van der Waals surface area contributed by atoms with Crippen LogP contribution in [0.25, 0.3) is 5.65 Å². The summed E-state index contributed by atoms with van der Waals surface area (Å²) in [4.78, 5) is 16.0. The lowest BCUT2D eigenvalue weighted by Gasteiger charge is -2.02. The van der Waals surface area contributed by atoms with Gasteiger partial charge in [-0.15, -0.1) is 10.2 Å². The van der Waals surface area contributed by atoms with Crippen LogP contribution in [0.4, 0.5) is 15.9 Å². The van der Waals surface area contributed by atoms with Crippen LogP contribution in [0.2, 0.25) is 0 Å².